The van der Waals surface area contributed by atoms with E-state index < -0.39 is 29.7 Å². The summed E-state index contributed by atoms with van der Waals surface area (Å²) in [5.41, 5.74) is 0.149. The molecule has 2 bridgehead atoms. The number of phenolic OH excluding ortho intramolecular Hbond substituents is 1. The summed E-state index contributed by atoms with van der Waals surface area (Å²) in [7, 11) is 1.47. The number of halogens is 2. The van der Waals surface area contributed by atoms with E-state index in [1.807, 2.05) is 0 Å². The maximum Gasteiger partial charge on any atom is 0.336 e. The molecule has 9 nitrogen and oxygen atoms in total. The molecule has 2 aliphatic rings. The Morgan fingerprint density at radius 3 is 2.75 bits per heavy atom. The summed E-state index contributed by atoms with van der Waals surface area (Å²) in [4.78, 5) is 8.16. The van der Waals surface area contributed by atoms with Crippen molar-refractivity contribution in [3.8, 4) is 28.7 Å². The van der Waals surface area contributed by atoms with E-state index >= 15 is 0 Å². The van der Waals surface area contributed by atoms with Gasteiger partial charge in [-0.1, -0.05) is 5.10 Å². The fraction of sp³-hybridized carbons (Fsp3) is 0.429. The fourth-order valence-electron chi connectivity index (χ4n) is 4.56. The van der Waals surface area contributed by atoms with Crippen LogP contribution in [0.15, 0.2) is 43.1 Å². The molecule has 0 spiro atoms. The van der Waals surface area contributed by atoms with Crippen LogP contribution in [0.5, 0.6) is 11.8 Å². The van der Waals surface area contributed by atoms with Crippen LogP contribution in [0.3, 0.4) is 0 Å². The Hall–Kier alpha value is -3.18. The van der Waals surface area contributed by atoms with Gasteiger partial charge in [-0.25, -0.2) is 18.7 Å². The minimum Gasteiger partial charge on any atom is -0.507 e. The summed E-state index contributed by atoms with van der Waals surface area (Å²) < 4.78 is 42.0. The van der Waals surface area contributed by atoms with Crippen molar-refractivity contribution in [1.82, 2.24) is 30.0 Å². The summed E-state index contributed by atoms with van der Waals surface area (Å²) in [6.07, 6.45) is 4.95. The van der Waals surface area contributed by atoms with Gasteiger partial charge in [-0.15, -0.1) is 5.10 Å². The van der Waals surface area contributed by atoms with E-state index in [-0.39, 0.29) is 24.6 Å². The van der Waals surface area contributed by atoms with Gasteiger partial charge in [-0.2, -0.15) is 0 Å². The number of aromatic hydroxyl groups is 1. The van der Waals surface area contributed by atoms with Crippen molar-refractivity contribution in [2.45, 2.75) is 49.5 Å². The third-order valence-corrected chi connectivity index (χ3v) is 6.29. The highest BCUT2D eigenvalue weighted by Gasteiger charge is 2.64. The molecule has 0 radical (unpaired) electrons. The van der Waals surface area contributed by atoms with Crippen LogP contribution in [0.2, 0.25) is 0 Å². The molecule has 4 atom stereocenters. The van der Waals surface area contributed by atoms with Gasteiger partial charge in [0.1, 0.15) is 23.7 Å². The zero-order valence-electron chi connectivity index (χ0n) is 17.4. The van der Waals surface area contributed by atoms with Gasteiger partial charge in [0.2, 0.25) is 0 Å². The Morgan fingerprint density at radius 2 is 2.09 bits per heavy atom. The summed E-state index contributed by atoms with van der Waals surface area (Å²) in [5.74, 6) is -2.86. The van der Waals surface area contributed by atoms with E-state index in [1.54, 1.807) is 41.5 Å². The number of imidazole rings is 1. The van der Waals surface area contributed by atoms with Gasteiger partial charge >= 0.3 is 6.01 Å². The molecule has 2 aliphatic heterocycles. The molecule has 1 aromatic carbocycles. The Kier molecular flexibility index (Phi) is 4.82. The topological polar surface area (TPSA) is 107 Å². The molecular formula is C21H22F2N6O3. The molecule has 2 aromatic heterocycles. The number of ether oxygens (including phenoxy) is 2. The Morgan fingerprint density at radius 1 is 1.25 bits per heavy atom. The second kappa shape index (κ2) is 7.45. The highest BCUT2D eigenvalue weighted by molar-refractivity contribution is 5.67. The van der Waals surface area contributed by atoms with E-state index in [0.29, 0.717) is 11.3 Å². The number of nitrogens with one attached hydrogen (secondary N) is 1. The zero-order chi connectivity index (χ0) is 22.5. The van der Waals surface area contributed by atoms with Gasteiger partial charge in [0.25, 0.3) is 5.92 Å². The van der Waals surface area contributed by atoms with Crippen LogP contribution in [-0.2, 0) is 4.74 Å². The van der Waals surface area contributed by atoms with E-state index in [2.05, 4.69) is 25.5 Å². The number of phenols is 1. The second-order valence-electron chi connectivity index (χ2n) is 8.35. The van der Waals surface area contributed by atoms with Crippen molar-refractivity contribution in [3.05, 3.63) is 43.1 Å². The summed E-state index contributed by atoms with van der Waals surface area (Å²) >= 11 is 0. The number of piperidine rings is 1. The number of fused-ring (bicyclic) bond motifs is 2. The molecule has 2 saturated heterocycles. The minimum atomic E-state index is -2.87. The Balaban J connectivity index is 1.34. The lowest BCUT2D eigenvalue weighted by Gasteiger charge is -2.41. The number of benzene rings is 1. The van der Waals surface area contributed by atoms with Crippen LogP contribution >= 0.6 is 0 Å². The highest BCUT2D eigenvalue weighted by Crippen LogP contribution is 2.47. The number of nitrogens with zero attached hydrogens (tertiary/aromatic N) is 5. The Labute approximate surface area is 182 Å². The van der Waals surface area contributed by atoms with Gasteiger partial charge in [0.15, 0.2) is 0 Å². The molecule has 4 heterocycles. The van der Waals surface area contributed by atoms with Crippen molar-refractivity contribution < 1.29 is 23.4 Å². The molecule has 2 N–H and O–H groups in total. The van der Waals surface area contributed by atoms with Crippen LogP contribution in [0.1, 0.15) is 19.8 Å². The molecule has 0 unspecified atom stereocenters. The van der Waals surface area contributed by atoms with Gasteiger partial charge in [0.05, 0.1) is 23.8 Å². The molecule has 5 rings (SSSR count). The van der Waals surface area contributed by atoms with Crippen LogP contribution in [0.25, 0.3) is 16.9 Å². The molecule has 32 heavy (non-hydrogen) atoms. The predicted molar refractivity (Wildman–Crippen MR) is 109 cm³/mol. The first-order valence-corrected chi connectivity index (χ1v) is 10.2. The number of aromatic nitrogens is 5. The van der Waals surface area contributed by atoms with E-state index in [9.17, 15) is 13.9 Å². The minimum absolute atomic E-state index is 0.00509. The summed E-state index contributed by atoms with van der Waals surface area (Å²) in [6, 6.07) is 4.52. The number of methoxy groups -OCH3 is 1. The molecule has 11 heteroatoms. The van der Waals surface area contributed by atoms with Gasteiger partial charge in [-0.05, 0) is 19.1 Å². The van der Waals surface area contributed by atoms with Gasteiger partial charge in [-0.3, -0.25) is 0 Å². The van der Waals surface area contributed by atoms with Crippen molar-refractivity contribution in [1.29, 1.82) is 0 Å². The van der Waals surface area contributed by atoms with E-state index in [4.69, 9.17) is 9.47 Å². The number of hydrogen-bond acceptors (Lipinski definition) is 8. The van der Waals surface area contributed by atoms with Crippen molar-refractivity contribution in [3.63, 3.8) is 0 Å². The van der Waals surface area contributed by atoms with Gasteiger partial charge < -0.3 is 24.5 Å². The average molecular weight is 444 g/mol. The first-order valence-electron chi connectivity index (χ1n) is 10.2. The van der Waals surface area contributed by atoms with Gasteiger partial charge in [0, 0.05) is 50.0 Å². The normalized spacial score (nSPS) is 28.6. The molecule has 3 aromatic rings. The lowest BCUT2D eigenvalue weighted by Crippen LogP contribution is -2.62. The monoisotopic (exact) mass is 444 g/mol. The molecule has 0 amide bonds. The number of rotatable bonds is 5. The average Bonchev–Trinajstić information content (AvgIpc) is 3.34. The molecule has 2 fully saturated rings. The van der Waals surface area contributed by atoms with E-state index in [1.165, 1.54) is 20.2 Å². The fourth-order valence-corrected chi connectivity index (χ4v) is 4.56. The standard InChI is InChI=1S/C21H22F2N6O3/c1-20-9-17(18(31-2)14(26-20)8-21(20,22)23)32-19-25-10-15(27-28-19)13-4-3-12(7-16(13)30)29-6-5-24-11-29/h3-7,10-11,14,17-18,26,30H,8-9H2,1-2H3/t14-,17+,18+,20-/m1/s1. The predicted octanol–water partition coefficient (Wildman–Crippen LogP) is 2.35. The third kappa shape index (κ3) is 3.37. The molecule has 168 valence electrons. The van der Waals surface area contributed by atoms with Crippen molar-refractivity contribution >= 4 is 0 Å². The highest BCUT2D eigenvalue weighted by atomic mass is 19.3. The molecule has 0 saturated carbocycles. The molecule has 0 aliphatic carbocycles. The second-order valence-corrected chi connectivity index (χ2v) is 8.35. The summed E-state index contributed by atoms with van der Waals surface area (Å²) in [5, 5.41) is 21.5. The maximum absolute atomic E-state index is 14.5. The van der Waals surface area contributed by atoms with Crippen molar-refractivity contribution in [2.24, 2.45) is 0 Å². The van der Waals surface area contributed by atoms with Crippen molar-refractivity contribution in [2.75, 3.05) is 7.11 Å². The smallest absolute Gasteiger partial charge is 0.336 e. The summed E-state index contributed by atoms with van der Waals surface area (Å²) in [6.45, 7) is 1.49. The van der Waals surface area contributed by atoms with E-state index in [0.717, 1.165) is 5.69 Å². The number of hydrogen-bond donors (Lipinski definition) is 2. The first-order chi connectivity index (χ1) is 15.3. The lowest BCUT2D eigenvalue weighted by molar-refractivity contribution is -0.0861. The SMILES string of the molecule is CO[C@@H]1[C@@H](Oc2ncc(-c3ccc(-n4ccnc4)cc3O)nn2)C[C@@]2(C)N[C@@H]1CC2(F)F. The largest absolute Gasteiger partial charge is 0.507 e. The quantitative estimate of drug-likeness (QED) is 0.618. The zero-order valence-corrected chi connectivity index (χ0v) is 17.4. The third-order valence-electron chi connectivity index (χ3n) is 6.29. The van der Waals surface area contributed by atoms with Crippen LogP contribution in [-0.4, -0.2) is 66.7 Å². The number of alkyl halides is 2. The Bertz CT molecular complexity index is 1110. The van der Waals surface area contributed by atoms with Crippen LogP contribution in [0, 0.1) is 0 Å². The molecular weight excluding hydrogens is 422 g/mol. The lowest BCUT2D eigenvalue weighted by atomic mass is 9.87. The van der Waals surface area contributed by atoms with Crippen LogP contribution < -0.4 is 10.1 Å². The maximum atomic E-state index is 14.5. The first kappa shape index (κ1) is 20.7. The van der Waals surface area contributed by atoms with Crippen LogP contribution in [0.4, 0.5) is 8.78 Å².